The fourth-order valence-electron chi connectivity index (χ4n) is 2.54. The number of thioether (sulfide) groups is 1. The number of nitrogens with two attached hydrogens (primary N) is 1. The quantitative estimate of drug-likeness (QED) is 0.219. The number of carbonyl (C=O) groups is 1. The SMILES string of the molecule is CC=O.CSCCOP(COCCn1cnc2c(=O)[nH]c(N)nc21)OCc1cccc(F)c1. The largest absolute Gasteiger partial charge is 0.370 e. The van der Waals surface area contributed by atoms with E-state index in [1.807, 2.05) is 6.26 Å². The number of ether oxygens (including phenoxy) is 1. The number of aldehydes is 1. The molecule has 10 nitrogen and oxygen atoms in total. The van der Waals surface area contributed by atoms with Gasteiger partial charge in [-0.2, -0.15) is 16.7 Å². The van der Waals surface area contributed by atoms with Crippen LogP contribution in [0.2, 0.25) is 0 Å². The van der Waals surface area contributed by atoms with Crippen LogP contribution < -0.4 is 11.3 Å². The van der Waals surface area contributed by atoms with Gasteiger partial charge >= 0.3 is 0 Å². The van der Waals surface area contributed by atoms with E-state index in [0.717, 1.165) is 17.6 Å². The third kappa shape index (κ3) is 9.18. The molecule has 13 heteroatoms. The Morgan fingerprint density at radius 1 is 1.33 bits per heavy atom. The van der Waals surface area contributed by atoms with E-state index in [-0.39, 0.29) is 35.8 Å². The number of carbonyl (C=O) groups excluding carboxylic acids is 1. The lowest BCUT2D eigenvalue weighted by Gasteiger charge is -2.17. The van der Waals surface area contributed by atoms with E-state index < -0.39 is 8.38 Å². The second-order valence-corrected chi connectivity index (χ2v) is 8.82. The van der Waals surface area contributed by atoms with Gasteiger partial charge in [-0.15, -0.1) is 0 Å². The lowest BCUT2D eigenvalue weighted by molar-refractivity contribution is -0.106. The molecule has 0 saturated carbocycles. The molecule has 33 heavy (non-hydrogen) atoms. The maximum atomic E-state index is 13.3. The zero-order valence-electron chi connectivity index (χ0n) is 18.4. The Hall–Kier alpha value is -2.37. The molecule has 2 heterocycles. The Morgan fingerprint density at radius 2 is 2.12 bits per heavy atom. The van der Waals surface area contributed by atoms with Crippen molar-refractivity contribution < 1.29 is 23.0 Å². The summed E-state index contributed by atoms with van der Waals surface area (Å²) < 4.78 is 32.4. The lowest BCUT2D eigenvalue weighted by atomic mass is 10.2. The first-order chi connectivity index (χ1) is 16.0. The monoisotopic (exact) mass is 499 g/mol. The number of hydrogen-bond donors (Lipinski definition) is 2. The van der Waals surface area contributed by atoms with Crippen molar-refractivity contribution in [1.29, 1.82) is 0 Å². The number of rotatable bonds is 12. The fraction of sp³-hybridized carbons (Fsp3) is 0.400. The fourth-order valence-corrected chi connectivity index (χ4v) is 4.01. The Balaban J connectivity index is 0.00000122. The van der Waals surface area contributed by atoms with Gasteiger partial charge in [-0.1, -0.05) is 12.1 Å². The van der Waals surface area contributed by atoms with Gasteiger partial charge in [0, 0.05) is 12.3 Å². The van der Waals surface area contributed by atoms with Crippen LogP contribution in [0.1, 0.15) is 12.5 Å². The summed E-state index contributed by atoms with van der Waals surface area (Å²) in [5.74, 6) is 0.567. The molecular weight excluding hydrogens is 472 g/mol. The lowest BCUT2D eigenvalue weighted by Crippen LogP contribution is -2.13. The Kier molecular flexibility index (Phi) is 12.0. The number of aromatic nitrogens is 4. The number of hydrogen-bond acceptors (Lipinski definition) is 9. The molecule has 0 aliphatic rings. The molecule has 2 aromatic heterocycles. The van der Waals surface area contributed by atoms with Gasteiger partial charge in [0.25, 0.3) is 5.56 Å². The highest BCUT2D eigenvalue weighted by molar-refractivity contribution is 7.98. The van der Waals surface area contributed by atoms with Gasteiger partial charge in [0.1, 0.15) is 18.5 Å². The van der Waals surface area contributed by atoms with Crippen LogP contribution in [-0.4, -0.2) is 57.4 Å². The number of nitrogen functional groups attached to an aromatic ring is 1. The summed E-state index contributed by atoms with van der Waals surface area (Å²) in [6.07, 6.45) is 4.53. The topological polar surface area (TPSA) is 134 Å². The second-order valence-electron chi connectivity index (χ2n) is 6.40. The molecule has 3 N–H and O–H groups in total. The average molecular weight is 500 g/mol. The number of aromatic amines is 1. The van der Waals surface area contributed by atoms with E-state index >= 15 is 0 Å². The Labute approximate surface area is 196 Å². The number of nitrogens with zero attached hydrogens (tertiary/aromatic N) is 3. The number of imidazole rings is 1. The molecule has 0 aliphatic heterocycles. The molecular formula is C20H27FN5O5PS. The van der Waals surface area contributed by atoms with Gasteiger partial charge in [0.2, 0.25) is 5.95 Å². The van der Waals surface area contributed by atoms with E-state index in [9.17, 15) is 9.18 Å². The van der Waals surface area contributed by atoms with Crippen molar-refractivity contribution in [2.45, 2.75) is 20.1 Å². The summed E-state index contributed by atoms with van der Waals surface area (Å²) in [7, 11) is -1.29. The summed E-state index contributed by atoms with van der Waals surface area (Å²) in [6, 6.07) is 6.26. The molecule has 3 aromatic rings. The molecule has 1 aromatic carbocycles. The van der Waals surface area contributed by atoms with Gasteiger partial charge in [0.05, 0.1) is 26.1 Å². The van der Waals surface area contributed by atoms with Crippen LogP contribution in [0.4, 0.5) is 10.3 Å². The molecule has 3 rings (SSSR count). The van der Waals surface area contributed by atoms with Crippen molar-refractivity contribution >= 4 is 43.5 Å². The van der Waals surface area contributed by atoms with Crippen LogP contribution in [0.25, 0.3) is 11.2 Å². The van der Waals surface area contributed by atoms with E-state index in [1.165, 1.54) is 25.4 Å². The molecule has 0 radical (unpaired) electrons. The number of benzene rings is 1. The van der Waals surface area contributed by atoms with Crippen LogP contribution in [0.15, 0.2) is 35.4 Å². The summed E-state index contributed by atoms with van der Waals surface area (Å²) in [4.78, 5) is 31.2. The number of nitrogens with one attached hydrogen (secondary N) is 1. The van der Waals surface area contributed by atoms with Crippen LogP contribution >= 0.6 is 20.1 Å². The zero-order chi connectivity index (χ0) is 24.1. The third-order valence-electron chi connectivity index (χ3n) is 3.95. The van der Waals surface area contributed by atoms with Gasteiger partial charge in [-0.05, 0) is 30.9 Å². The van der Waals surface area contributed by atoms with Crippen molar-refractivity contribution in [3.05, 3.63) is 52.3 Å². The van der Waals surface area contributed by atoms with Crippen LogP contribution in [0.3, 0.4) is 0 Å². The maximum absolute atomic E-state index is 13.3. The number of fused-ring (bicyclic) bond motifs is 1. The molecule has 0 aliphatic carbocycles. The van der Waals surface area contributed by atoms with Crippen LogP contribution in [0, 0.1) is 5.82 Å². The summed E-state index contributed by atoms with van der Waals surface area (Å²) >= 11 is 1.67. The molecule has 0 amide bonds. The summed E-state index contributed by atoms with van der Waals surface area (Å²) in [5, 5.41) is 0. The van der Waals surface area contributed by atoms with E-state index in [1.54, 1.807) is 28.5 Å². The first-order valence-corrected chi connectivity index (χ1v) is 12.7. The predicted molar refractivity (Wildman–Crippen MR) is 128 cm³/mol. The van der Waals surface area contributed by atoms with Crippen LogP contribution in [0.5, 0.6) is 0 Å². The highest BCUT2D eigenvalue weighted by atomic mass is 32.2. The highest BCUT2D eigenvalue weighted by Crippen LogP contribution is 2.39. The molecule has 0 saturated heterocycles. The molecule has 1 atom stereocenters. The van der Waals surface area contributed by atoms with Gasteiger partial charge in [0.15, 0.2) is 19.5 Å². The van der Waals surface area contributed by atoms with Crippen molar-refractivity contribution in [3.8, 4) is 0 Å². The van der Waals surface area contributed by atoms with Gasteiger partial charge in [-0.25, -0.2) is 9.37 Å². The van der Waals surface area contributed by atoms with Crippen molar-refractivity contribution in [1.82, 2.24) is 19.5 Å². The summed E-state index contributed by atoms with van der Waals surface area (Å²) in [5.41, 5.74) is 6.58. The second kappa shape index (κ2) is 14.7. The summed E-state index contributed by atoms with van der Waals surface area (Å²) in [6.45, 7) is 3.00. The zero-order valence-corrected chi connectivity index (χ0v) is 20.1. The molecule has 0 spiro atoms. The molecule has 0 fully saturated rings. The van der Waals surface area contributed by atoms with Crippen molar-refractivity contribution in [2.75, 3.05) is 37.3 Å². The number of halogens is 1. The van der Waals surface area contributed by atoms with E-state index in [0.29, 0.717) is 25.4 Å². The van der Waals surface area contributed by atoms with Gasteiger partial charge < -0.3 is 28.9 Å². The first kappa shape index (κ1) is 26.9. The molecule has 0 bridgehead atoms. The number of anilines is 1. The van der Waals surface area contributed by atoms with Crippen molar-refractivity contribution in [2.24, 2.45) is 0 Å². The highest BCUT2D eigenvalue weighted by Gasteiger charge is 2.13. The van der Waals surface area contributed by atoms with Crippen molar-refractivity contribution in [3.63, 3.8) is 0 Å². The van der Waals surface area contributed by atoms with E-state index in [2.05, 4.69) is 15.0 Å². The Morgan fingerprint density at radius 3 is 2.85 bits per heavy atom. The molecule has 1 unspecified atom stereocenters. The molecule has 180 valence electrons. The van der Waals surface area contributed by atoms with E-state index in [4.69, 9.17) is 24.3 Å². The third-order valence-corrected chi connectivity index (χ3v) is 5.81. The maximum Gasteiger partial charge on any atom is 0.280 e. The first-order valence-electron chi connectivity index (χ1n) is 9.93. The standard InChI is InChI=1S/C18H23FN5O4PS.C2H4O/c1-30-8-7-27-29(28-10-13-3-2-4-14(19)9-13)12-26-6-5-24-11-21-15-16(24)22-18(20)23-17(15)25;1-2-3/h2-4,9,11H,5-8,10,12H2,1H3,(H3,20,22,23,25);2H,1H3. The van der Waals surface area contributed by atoms with Gasteiger partial charge in [-0.3, -0.25) is 9.78 Å². The van der Waals surface area contributed by atoms with Crippen LogP contribution in [-0.2, 0) is 31.7 Å². The average Bonchev–Trinajstić information content (AvgIpc) is 3.18. The minimum Gasteiger partial charge on any atom is -0.370 e. The predicted octanol–water partition coefficient (Wildman–Crippen LogP) is 2.93. The minimum atomic E-state index is -1.29. The minimum absolute atomic E-state index is 0.0339. The number of H-pyrrole nitrogens is 1. The smallest absolute Gasteiger partial charge is 0.280 e. The Bertz CT molecular complexity index is 1070. The normalized spacial score (nSPS) is 11.7.